The molecule has 0 aliphatic carbocycles. The maximum absolute atomic E-state index is 2.48. The summed E-state index contributed by atoms with van der Waals surface area (Å²) < 4.78 is 5.51. The normalized spacial score (nSPS) is 12.1. The number of fused-ring (bicyclic) bond motifs is 12. The van der Waals surface area contributed by atoms with Gasteiger partial charge >= 0.3 is 0 Å². The summed E-state index contributed by atoms with van der Waals surface area (Å²) in [7, 11) is 0. The molecular formula is C52H30S2. The van der Waals surface area contributed by atoms with E-state index in [9.17, 15) is 0 Å². The number of rotatable bonds is 3. The van der Waals surface area contributed by atoms with Crippen LogP contribution >= 0.6 is 22.7 Å². The second-order valence-corrected chi connectivity index (χ2v) is 16.4. The Bertz CT molecular complexity index is 3430. The minimum Gasteiger partial charge on any atom is -0.134 e. The van der Waals surface area contributed by atoms with Gasteiger partial charge in [-0.05, 0) is 83.2 Å². The predicted octanol–water partition coefficient (Wildman–Crippen LogP) is 16.0. The Kier molecular flexibility index (Phi) is 6.48. The van der Waals surface area contributed by atoms with Crippen LogP contribution in [0.25, 0.3) is 117 Å². The number of benzene rings is 10. The van der Waals surface area contributed by atoms with Crippen molar-refractivity contribution < 1.29 is 0 Å². The number of hydrogen-bond donors (Lipinski definition) is 0. The quantitative estimate of drug-likeness (QED) is 0.160. The summed E-state index contributed by atoms with van der Waals surface area (Å²) in [6.45, 7) is 0. The van der Waals surface area contributed by atoms with E-state index in [1.54, 1.807) is 0 Å². The van der Waals surface area contributed by atoms with Crippen molar-refractivity contribution in [3.8, 4) is 33.4 Å². The van der Waals surface area contributed by atoms with Crippen LogP contribution in [0.3, 0.4) is 0 Å². The van der Waals surface area contributed by atoms with Crippen molar-refractivity contribution >= 4 is 106 Å². The maximum Gasteiger partial charge on any atom is 0.0534 e. The Balaban J connectivity index is 1.15. The third-order valence-electron chi connectivity index (χ3n) is 11.5. The molecule has 0 saturated carbocycles. The monoisotopic (exact) mass is 718 g/mol. The van der Waals surface area contributed by atoms with Crippen molar-refractivity contribution in [3.05, 3.63) is 182 Å². The highest BCUT2D eigenvalue weighted by atomic mass is 32.1. The van der Waals surface area contributed by atoms with Crippen molar-refractivity contribution in [2.75, 3.05) is 0 Å². The molecule has 2 heteroatoms. The summed E-state index contributed by atoms with van der Waals surface area (Å²) in [5, 5.41) is 15.7. The fourth-order valence-electron chi connectivity index (χ4n) is 9.15. The van der Waals surface area contributed by atoms with Crippen molar-refractivity contribution in [2.45, 2.75) is 0 Å². The van der Waals surface area contributed by atoms with E-state index in [0.29, 0.717) is 0 Å². The first-order chi connectivity index (χ1) is 26.8. The van der Waals surface area contributed by atoms with Crippen LogP contribution in [0.1, 0.15) is 0 Å². The molecule has 12 rings (SSSR count). The average Bonchev–Trinajstić information content (AvgIpc) is 3.81. The van der Waals surface area contributed by atoms with Gasteiger partial charge in [-0.1, -0.05) is 170 Å². The first kappa shape index (κ1) is 30.2. The van der Waals surface area contributed by atoms with E-state index in [0.717, 1.165) is 0 Å². The van der Waals surface area contributed by atoms with Crippen LogP contribution in [-0.2, 0) is 0 Å². The molecule has 0 aliphatic rings. The smallest absolute Gasteiger partial charge is 0.0534 e. The van der Waals surface area contributed by atoms with Crippen LogP contribution < -0.4 is 0 Å². The SMILES string of the molecule is c1ccc(-c2c3ccccc3c(-c3ccc(-c4cc5c6ccc7c8ccccc8sc7c6sc5c5ccccc45)c4ccccc34)c3ccccc23)cc1. The van der Waals surface area contributed by atoms with Gasteiger partial charge in [-0.25, -0.2) is 0 Å². The Morgan fingerprint density at radius 3 is 1.35 bits per heavy atom. The lowest BCUT2D eigenvalue weighted by atomic mass is 9.83. The Labute approximate surface area is 319 Å². The molecule has 54 heavy (non-hydrogen) atoms. The van der Waals surface area contributed by atoms with Crippen LogP contribution in [0.4, 0.5) is 0 Å². The zero-order valence-corrected chi connectivity index (χ0v) is 30.8. The lowest BCUT2D eigenvalue weighted by molar-refractivity contribution is 1.66. The standard InChI is InChI=1S/C52H30S2/c1-2-14-31(15-3-1)48-37-20-7-9-22-39(37)49(40-23-10-8-21-38(40)48)41-27-26-35(32-16-4-5-17-33(32)41)45-30-46-44-29-28-43-36-19-12-13-25-47(36)53-51(43)52(44)54-50(46)42-24-11-6-18-34(42)45/h1-30H. The molecule has 0 atom stereocenters. The fraction of sp³-hybridized carbons (Fsp3) is 0. The minimum absolute atomic E-state index is 1.24. The van der Waals surface area contributed by atoms with Crippen LogP contribution in [0, 0.1) is 0 Å². The number of thiophene rings is 2. The summed E-state index contributed by atoms with van der Waals surface area (Å²) in [5.41, 5.74) is 7.64. The van der Waals surface area contributed by atoms with E-state index in [1.807, 2.05) is 22.7 Å². The van der Waals surface area contributed by atoms with Crippen LogP contribution in [0.15, 0.2) is 182 Å². The van der Waals surface area contributed by atoms with Gasteiger partial charge in [0.1, 0.15) is 0 Å². The zero-order chi connectivity index (χ0) is 35.3. The molecule has 2 aromatic heterocycles. The molecule has 0 amide bonds. The van der Waals surface area contributed by atoms with Gasteiger partial charge in [-0.3, -0.25) is 0 Å². The molecular weight excluding hydrogens is 689 g/mol. The van der Waals surface area contributed by atoms with Gasteiger partial charge in [-0.2, -0.15) is 0 Å². The van der Waals surface area contributed by atoms with E-state index >= 15 is 0 Å². The van der Waals surface area contributed by atoms with Gasteiger partial charge in [0.05, 0.1) is 9.40 Å². The second kappa shape index (κ2) is 11.6. The third-order valence-corrected chi connectivity index (χ3v) is 14.1. The summed E-state index contributed by atoms with van der Waals surface area (Å²) in [6, 6.07) is 67.6. The molecule has 250 valence electrons. The maximum atomic E-state index is 2.48. The molecule has 0 nitrogen and oxygen atoms in total. The highest BCUT2D eigenvalue weighted by Gasteiger charge is 2.21. The van der Waals surface area contributed by atoms with Crippen LogP contribution in [-0.4, -0.2) is 0 Å². The fourth-order valence-corrected chi connectivity index (χ4v) is 11.8. The van der Waals surface area contributed by atoms with Gasteiger partial charge in [0.15, 0.2) is 0 Å². The molecule has 10 aromatic carbocycles. The van der Waals surface area contributed by atoms with Gasteiger partial charge in [0, 0.05) is 36.3 Å². The van der Waals surface area contributed by atoms with Gasteiger partial charge in [0.2, 0.25) is 0 Å². The predicted molar refractivity (Wildman–Crippen MR) is 239 cm³/mol. The lowest BCUT2D eigenvalue weighted by Gasteiger charge is -2.20. The minimum atomic E-state index is 1.24. The van der Waals surface area contributed by atoms with Crippen molar-refractivity contribution in [3.63, 3.8) is 0 Å². The van der Waals surface area contributed by atoms with Crippen molar-refractivity contribution in [1.82, 2.24) is 0 Å². The van der Waals surface area contributed by atoms with Crippen molar-refractivity contribution in [1.29, 1.82) is 0 Å². The van der Waals surface area contributed by atoms with Crippen LogP contribution in [0.5, 0.6) is 0 Å². The molecule has 2 heterocycles. The topological polar surface area (TPSA) is 0 Å². The zero-order valence-electron chi connectivity index (χ0n) is 29.1. The van der Waals surface area contributed by atoms with Crippen LogP contribution in [0.2, 0.25) is 0 Å². The molecule has 12 aromatic rings. The van der Waals surface area contributed by atoms with Gasteiger partial charge in [-0.15, -0.1) is 22.7 Å². The lowest BCUT2D eigenvalue weighted by Crippen LogP contribution is -1.92. The van der Waals surface area contributed by atoms with Crippen molar-refractivity contribution in [2.24, 2.45) is 0 Å². The largest absolute Gasteiger partial charge is 0.134 e. The molecule has 0 saturated heterocycles. The molecule has 0 bridgehead atoms. The summed E-state index contributed by atoms with van der Waals surface area (Å²) in [6.07, 6.45) is 0. The summed E-state index contributed by atoms with van der Waals surface area (Å²) in [5.74, 6) is 0. The highest BCUT2D eigenvalue weighted by molar-refractivity contribution is 7.34. The van der Waals surface area contributed by atoms with E-state index in [1.165, 1.54) is 117 Å². The van der Waals surface area contributed by atoms with E-state index in [4.69, 9.17) is 0 Å². The summed E-state index contributed by atoms with van der Waals surface area (Å²) in [4.78, 5) is 0. The van der Waals surface area contributed by atoms with E-state index in [-0.39, 0.29) is 0 Å². The van der Waals surface area contributed by atoms with E-state index < -0.39 is 0 Å². The Morgan fingerprint density at radius 2 is 0.685 bits per heavy atom. The first-order valence-electron chi connectivity index (χ1n) is 18.5. The van der Waals surface area contributed by atoms with E-state index in [2.05, 4.69) is 182 Å². The second-order valence-electron chi connectivity index (χ2n) is 14.3. The molecule has 0 spiro atoms. The first-order valence-corrected chi connectivity index (χ1v) is 20.1. The molecule has 0 radical (unpaired) electrons. The van der Waals surface area contributed by atoms with Gasteiger partial charge < -0.3 is 0 Å². The molecule has 0 fully saturated rings. The highest BCUT2D eigenvalue weighted by Crippen LogP contribution is 2.50. The third kappa shape index (κ3) is 4.24. The molecule has 0 N–H and O–H groups in total. The summed E-state index contributed by atoms with van der Waals surface area (Å²) >= 11 is 3.88. The molecule has 0 aliphatic heterocycles. The molecule has 0 unspecified atom stereocenters. The Hall–Kier alpha value is -6.32. The van der Waals surface area contributed by atoms with Gasteiger partial charge in [0.25, 0.3) is 0 Å². The number of hydrogen-bond acceptors (Lipinski definition) is 2. The Morgan fingerprint density at radius 1 is 0.241 bits per heavy atom. The average molecular weight is 719 g/mol.